The van der Waals surface area contributed by atoms with Gasteiger partial charge in [0.05, 0.1) is 12.1 Å². The van der Waals surface area contributed by atoms with E-state index in [0.29, 0.717) is 0 Å². The molecule has 0 spiro atoms. The van der Waals surface area contributed by atoms with Crippen LogP contribution in [0.15, 0.2) is 89.9 Å². The summed E-state index contributed by atoms with van der Waals surface area (Å²) in [4.78, 5) is 19.9. The topological polar surface area (TPSA) is 32.7 Å². The van der Waals surface area contributed by atoms with Gasteiger partial charge in [-0.25, -0.2) is 0 Å². The molecule has 1 aliphatic carbocycles. The second-order valence-corrected chi connectivity index (χ2v) is 10.5. The molecule has 1 saturated carbocycles. The summed E-state index contributed by atoms with van der Waals surface area (Å²) in [6.45, 7) is 1.69. The van der Waals surface area contributed by atoms with E-state index < -0.39 is 7.92 Å². The maximum absolute atomic E-state index is 12.8. The van der Waals surface area contributed by atoms with E-state index in [2.05, 4.69) is 84.9 Å². The molecule has 0 unspecified atom stereocenters. The summed E-state index contributed by atoms with van der Waals surface area (Å²) >= 11 is 0. The molecule has 4 heteroatoms. The van der Waals surface area contributed by atoms with E-state index in [1.165, 1.54) is 28.8 Å². The van der Waals surface area contributed by atoms with E-state index in [1.54, 1.807) is 6.92 Å². The van der Waals surface area contributed by atoms with Crippen LogP contribution in [0.1, 0.15) is 38.2 Å². The third-order valence-electron chi connectivity index (χ3n) is 6.30. The van der Waals surface area contributed by atoms with Gasteiger partial charge in [0.1, 0.15) is 5.84 Å². The Morgan fingerprint density at radius 1 is 0.839 bits per heavy atom. The number of hydrogen-bond acceptors (Lipinski definition) is 2. The van der Waals surface area contributed by atoms with Crippen LogP contribution in [0, 0.1) is 0 Å². The Morgan fingerprint density at radius 3 is 2.06 bits per heavy atom. The van der Waals surface area contributed by atoms with Crippen molar-refractivity contribution in [3.8, 4) is 0 Å². The lowest BCUT2D eigenvalue weighted by atomic mass is 9.91. The first kappa shape index (κ1) is 20.2. The van der Waals surface area contributed by atoms with Crippen LogP contribution in [-0.4, -0.2) is 28.7 Å². The Balaban J connectivity index is 1.67. The largest absolute Gasteiger partial charge is 0.292 e. The fourth-order valence-corrected chi connectivity index (χ4v) is 7.39. The predicted octanol–water partition coefficient (Wildman–Crippen LogP) is 4.36. The normalized spacial score (nSPS) is 20.5. The monoisotopic (exact) mass is 426 g/mol. The Labute approximate surface area is 185 Å². The summed E-state index contributed by atoms with van der Waals surface area (Å²) in [5, 5.41) is 3.88. The summed E-state index contributed by atoms with van der Waals surface area (Å²) in [5.41, 5.74) is 1.10. The van der Waals surface area contributed by atoms with E-state index in [-0.39, 0.29) is 18.0 Å². The van der Waals surface area contributed by atoms with Gasteiger partial charge in [-0.3, -0.25) is 14.7 Å². The third kappa shape index (κ3) is 3.83. The van der Waals surface area contributed by atoms with Gasteiger partial charge in [-0.15, -0.1) is 0 Å². The van der Waals surface area contributed by atoms with Gasteiger partial charge >= 0.3 is 0 Å². The molecule has 1 amide bonds. The highest BCUT2D eigenvalue weighted by Gasteiger charge is 2.41. The van der Waals surface area contributed by atoms with Gasteiger partial charge in [0.15, 0.2) is 0 Å². The van der Waals surface area contributed by atoms with Crippen LogP contribution in [0.5, 0.6) is 0 Å². The van der Waals surface area contributed by atoms with Crippen LogP contribution >= 0.6 is 7.92 Å². The van der Waals surface area contributed by atoms with Gasteiger partial charge in [-0.1, -0.05) is 97.8 Å². The molecule has 1 fully saturated rings. The number of carbonyl (C=O) groups is 1. The van der Waals surface area contributed by atoms with Gasteiger partial charge in [0, 0.05) is 12.5 Å². The number of amides is 1. The highest BCUT2D eigenvalue weighted by atomic mass is 31.1. The SMILES string of the molecule is CC(=O)N1C(c2ccccc2P(c2ccccc2)c2ccccc2)=N[C@@H]2CCCC[C@H]21. The molecule has 31 heavy (non-hydrogen) atoms. The lowest BCUT2D eigenvalue weighted by molar-refractivity contribution is -0.126. The predicted molar refractivity (Wildman–Crippen MR) is 130 cm³/mol. The first-order valence-electron chi connectivity index (χ1n) is 11.1. The van der Waals surface area contributed by atoms with Crippen molar-refractivity contribution in [3.05, 3.63) is 90.5 Å². The van der Waals surface area contributed by atoms with Crippen molar-refractivity contribution < 1.29 is 4.79 Å². The molecule has 0 aromatic heterocycles. The quantitative estimate of drug-likeness (QED) is 0.571. The van der Waals surface area contributed by atoms with Gasteiger partial charge in [0.2, 0.25) is 5.91 Å². The summed E-state index contributed by atoms with van der Waals surface area (Å²) in [6.07, 6.45) is 4.50. The fourth-order valence-electron chi connectivity index (χ4n) is 4.94. The molecule has 2 atom stereocenters. The highest BCUT2D eigenvalue weighted by molar-refractivity contribution is 7.80. The van der Waals surface area contributed by atoms with Crippen molar-refractivity contribution in [1.29, 1.82) is 0 Å². The van der Waals surface area contributed by atoms with Crippen LogP contribution < -0.4 is 15.9 Å². The molecule has 2 aliphatic rings. The van der Waals surface area contributed by atoms with E-state index in [1.807, 2.05) is 4.90 Å². The molecular weight excluding hydrogens is 399 g/mol. The standard InChI is InChI=1S/C27H27N2OP/c1-20(30)29-25-18-10-9-17-24(25)28-27(29)23-16-8-11-19-26(23)31(21-12-4-2-5-13-21)22-14-6-3-7-15-22/h2-8,11-16,19,24-25H,9-10,17-18H2,1H3/t24-,25-/m1/s1. The minimum atomic E-state index is -0.761. The van der Waals surface area contributed by atoms with E-state index in [4.69, 9.17) is 4.99 Å². The zero-order valence-corrected chi connectivity index (χ0v) is 18.7. The molecule has 0 saturated heterocycles. The number of nitrogens with zero attached hydrogens (tertiary/aromatic N) is 2. The number of aliphatic imine (C=N–C) groups is 1. The van der Waals surface area contributed by atoms with Crippen LogP contribution in [0.2, 0.25) is 0 Å². The van der Waals surface area contributed by atoms with Gasteiger partial charge < -0.3 is 0 Å². The minimum absolute atomic E-state index is 0.103. The lowest BCUT2D eigenvalue weighted by Gasteiger charge is -2.31. The van der Waals surface area contributed by atoms with Crippen molar-refractivity contribution >= 4 is 35.6 Å². The van der Waals surface area contributed by atoms with Crippen LogP contribution in [0.3, 0.4) is 0 Å². The summed E-state index contributed by atoms with van der Waals surface area (Å²) in [6, 6.07) is 30.5. The molecule has 1 aliphatic heterocycles. The van der Waals surface area contributed by atoms with Crippen LogP contribution in [0.4, 0.5) is 0 Å². The van der Waals surface area contributed by atoms with Gasteiger partial charge in [-0.2, -0.15) is 0 Å². The smallest absolute Gasteiger partial charge is 0.225 e. The molecule has 3 nitrogen and oxygen atoms in total. The number of fused-ring (bicyclic) bond motifs is 1. The molecule has 5 rings (SSSR count). The maximum atomic E-state index is 12.8. The average molecular weight is 427 g/mol. The molecule has 1 heterocycles. The number of benzene rings is 3. The second kappa shape index (κ2) is 8.77. The Morgan fingerprint density at radius 2 is 1.42 bits per heavy atom. The molecule has 156 valence electrons. The van der Waals surface area contributed by atoms with Crippen molar-refractivity contribution in [1.82, 2.24) is 4.90 Å². The minimum Gasteiger partial charge on any atom is -0.292 e. The van der Waals surface area contributed by atoms with Gasteiger partial charge in [-0.05, 0) is 36.7 Å². The first-order valence-corrected chi connectivity index (χ1v) is 12.5. The number of carbonyl (C=O) groups excluding carboxylic acids is 1. The summed E-state index contributed by atoms with van der Waals surface area (Å²) in [7, 11) is -0.761. The zero-order chi connectivity index (χ0) is 21.2. The van der Waals surface area contributed by atoms with Crippen molar-refractivity contribution in [2.45, 2.75) is 44.7 Å². The van der Waals surface area contributed by atoms with Crippen LogP contribution in [0.25, 0.3) is 0 Å². The first-order chi connectivity index (χ1) is 15.2. The number of hydrogen-bond donors (Lipinski definition) is 0. The summed E-state index contributed by atoms with van der Waals surface area (Å²) < 4.78 is 0. The highest BCUT2D eigenvalue weighted by Crippen LogP contribution is 2.37. The molecule has 0 bridgehead atoms. The number of amidine groups is 1. The Bertz CT molecular complexity index is 1060. The average Bonchev–Trinajstić information content (AvgIpc) is 3.21. The lowest BCUT2D eigenvalue weighted by Crippen LogP contribution is -2.45. The Hall–Kier alpha value is -2.77. The van der Waals surface area contributed by atoms with Crippen molar-refractivity contribution in [2.24, 2.45) is 4.99 Å². The molecule has 0 radical (unpaired) electrons. The Kier molecular flexibility index (Phi) is 5.70. The number of rotatable bonds is 4. The second-order valence-electron chi connectivity index (χ2n) is 8.28. The zero-order valence-electron chi connectivity index (χ0n) is 17.8. The van der Waals surface area contributed by atoms with Crippen molar-refractivity contribution in [3.63, 3.8) is 0 Å². The third-order valence-corrected chi connectivity index (χ3v) is 8.80. The summed E-state index contributed by atoms with van der Waals surface area (Å²) in [5.74, 6) is 0.978. The van der Waals surface area contributed by atoms with E-state index in [0.717, 1.165) is 24.2 Å². The van der Waals surface area contributed by atoms with Gasteiger partial charge in [0.25, 0.3) is 0 Å². The molecule has 0 N–H and O–H groups in total. The van der Waals surface area contributed by atoms with E-state index in [9.17, 15) is 4.79 Å². The van der Waals surface area contributed by atoms with Crippen LogP contribution in [-0.2, 0) is 4.79 Å². The van der Waals surface area contributed by atoms with E-state index >= 15 is 0 Å². The molecular formula is C27H27N2OP. The maximum Gasteiger partial charge on any atom is 0.225 e. The molecule has 3 aromatic carbocycles. The fraction of sp³-hybridized carbons (Fsp3) is 0.259. The van der Waals surface area contributed by atoms with Crippen molar-refractivity contribution in [2.75, 3.05) is 0 Å². The molecule has 3 aromatic rings.